The van der Waals surface area contributed by atoms with E-state index in [1.54, 1.807) is 7.11 Å². The van der Waals surface area contributed by atoms with Crippen LogP contribution in [-0.2, 0) is 4.74 Å². The van der Waals surface area contributed by atoms with Gasteiger partial charge in [-0.2, -0.15) is 0 Å². The van der Waals surface area contributed by atoms with Gasteiger partial charge in [-0.1, -0.05) is 13.8 Å². The maximum absolute atomic E-state index is 5.34. The van der Waals surface area contributed by atoms with Crippen LogP contribution in [0.1, 0.15) is 33.6 Å². The van der Waals surface area contributed by atoms with Gasteiger partial charge in [0, 0.05) is 20.2 Å². The van der Waals surface area contributed by atoms with Crippen LogP contribution >= 0.6 is 0 Å². The zero-order chi connectivity index (χ0) is 9.90. The van der Waals surface area contributed by atoms with Crippen molar-refractivity contribution in [3.63, 3.8) is 0 Å². The van der Waals surface area contributed by atoms with Crippen LogP contribution in [-0.4, -0.2) is 26.3 Å². The van der Waals surface area contributed by atoms with Gasteiger partial charge in [0.25, 0.3) is 0 Å². The molecule has 78 valence electrons. The van der Waals surface area contributed by atoms with Crippen LogP contribution in [0.15, 0.2) is 0 Å². The zero-order valence-electron chi connectivity index (χ0n) is 9.39. The SMILES string of the molecule is COC(C)CC1(CC(C)C)CNC1. The highest BCUT2D eigenvalue weighted by molar-refractivity contribution is 4.93. The Morgan fingerprint density at radius 1 is 1.23 bits per heavy atom. The van der Waals surface area contributed by atoms with Gasteiger partial charge in [0.15, 0.2) is 0 Å². The van der Waals surface area contributed by atoms with Gasteiger partial charge in [-0.3, -0.25) is 0 Å². The summed E-state index contributed by atoms with van der Waals surface area (Å²) in [6.45, 7) is 9.13. The van der Waals surface area contributed by atoms with Crippen molar-refractivity contribution in [2.45, 2.75) is 39.7 Å². The Morgan fingerprint density at radius 2 is 1.85 bits per heavy atom. The number of hydrogen-bond acceptors (Lipinski definition) is 2. The quantitative estimate of drug-likeness (QED) is 0.708. The van der Waals surface area contributed by atoms with E-state index in [0.29, 0.717) is 11.5 Å². The van der Waals surface area contributed by atoms with Gasteiger partial charge in [0.05, 0.1) is 6.10 Å². The fourth-order valence-electron chi connectivity index (χ4n) is 2.41. The molecule has 0 spiro atoms. The number of rotatable bonds is 5. The van der Waals surface area contributed by atoms with Crippen molar-refractivity contribution in [1.82, 2.24) is 5.32 Å². The van der Waals surface area contributed by atoms with E-state index in [9.17, 15) is 0 Å². The Hall–Kier alpha value is -0.0800. The van der Waals surface area contributed by atoms with Gasteiger partial charge in [0.1, 0.15) is 0 Å². The van der Waals surface area contributed by atoms with Crippen molar-refractivity contribution in [3.8, 4) is 0 Å². The van der Waals surface area contributed by atoms with Gasteiger partial charge in [-0.05, 0) is 31.1 Å². The first-order chi connectivity index (χ1) is 6.08. The Kier molecular flexibility index (Phi) is 3.74. The lowest BCUT2D eigenvalue weighted by Gasteiger charge is -2.45. The largest absolute Gasteiger partial charge is 0.382 e. The van der Waals surface area contributed by atoms with E-state index in [0.717, 1.165) is 5.92 Å². The first-order valence-electron chi connectivity index (χ1n) is 5.31. The summed E-state index contributed by atoms with van der Waals surface area (Å²) in [6.07, 6.45) is 2.93. The van der Waals surface area contributed by atoms with Crippen molar-refractivity contribution in [3.05, 3.63) is 0 Å². The van der Waals surface area contributed by atoms with Crippen LogP contribution in [0.5, 0.6) is 0 Å². The molecule has 1 rings (SSSR count). The fraction of sp³-hybridized carbons (Fsp3) is 1.00. The van der Waals surface area contributed by atoms with Crippen molar-refractivity contribution in [2.24, 2.45) is 11.3 Å². The minimum absolute atomic E-state index is 0.404. The van der Waals surface area contributed by atoms with Crippen LogP contribution in [0, 0.1) is 11.3 Å². The molecule has 0 aromatic heterocycles. The molecule has 0 amide bonds. The van der Waals surface area contributed by atoms with E-state index < -0.39 is 0 Å². The molecule has 1 aliphatic rings. The molecule has 0 aromatic rings. The Bertz CT molecular complexity index is 152. The third kappa shape index (κ3) is 2.96. The van der Waals surface area contributed by atoms with Gasteiger partial charge in [0.2, 0.25) is 0 Å². The minimum atomic E-state index is 0.404. The summed E-state index contributed by atoms with van der Waals surface area (Å²) in [6, 6.07) is 0. The second-order valence-electron chi connectivity index (χ2n) is 4.95. The van der Waals surface area contributed by atoms with Gasteiger partial charge in [-0.15, -0.1) is 0 Å². The van der Waals surface area contributed by atoms with Crippen LogP contribution in [0.25, 0.3) is 0 Å². The summed E-state index contributed by atoms with van der Waals surface area (Å²) in [5.41, 5.74) is 0.531. The van der Waals surface area contributed by atoms with Gasteiger partial charge >= 0.3 is 0 Å². The Labute approximate surface area is 82.0 Å². The Balaban J connectivity index is 2.40. The van der Waals surface area contributed by atoms with Gasteiger partial charge < -0.3 is 10.1 Å². The molecule has 0 aliphatic carbocycles. The summed E-state index contributed by atoms with van der Waals surface area (Å²) in [5, 5.41) is 3.38. The standard InChI is InChI=1S/C11H23NO/c1-9(2)5-11(7-12-8-11)6-10(3)13-4/h9-10,12H,5-8H2,1-4H3. The molecule has 2 heteroatoms. The summed E-state index contributed by atoms with van der Waals surface area (Å²) < 4.78 is 5.34. The van der Waals surface area contributed by atoms with Crippen LogP contribution in [0.4, 0.5) is 0 Å². The summed E-state index contributed by atoms with van der Waals surface area (Å²) in [4.78, 5) is 0. The highest BCUT2D eigenvalue weighted by Crippen LogP contribution is 2.35. The highest BCUT2D eigenvalue weighted by Gasteiger charge is 2.38. The lowest BCUT2D eigenvalue weighted by molar-refractivity contribution is 0.0255. The molecule has 1 N–H and O–H groups in total. The third-order valence-electron chi connectivity index (χ3n) is 2.96. The molecule has 0 saturated carbocycles. The van der Waals surface area contributed by atoms with Crippen molar-refractivity contribution in [1.29, 1.82) is 0 Å². The monoisotopic (exact) mass is 185 g/mol. The molecule has 0 radical (unpaired) electrons. The average molecular weight is 185 g/mol. The predicted molar refractivity (Wildman–Crippen MR) is 55.8 cm³/mol. The highest BCUT2D eigenvalue weighted by atomic mass is 16.5. The Morgan fingerprint density at radius 3 is 2.15 bits per heavy atom. The molecular weight excluding hydrogens is 162 g/mol. The number of nitrogens with one attached hydrogen (secondary N) is 1. The second kappa shape index (κ2) is 4.43. The fourth-order valence-corrected chi connectivity index (χ4v) is 2.41. The smallest absolute Gasteiger partial charge is 0.0549 e. The molecular formula is C11H23NO. The number of hydrogen-bond donors (Lipinski definition) is 1. The lowest BCUT2D eigenvalue weighted by Crippen LogP contribution is -2.55. The average Bonchev–Trinajstić information content (AvgIpc) is 1.99. The zero-order valence-corrected chi connectivity index (χ0v) is 9.39. The van der Waals surface area contributed by atoms with Crippen LogP contribution < -0.4 is 5.32 Å². The van der Waals surface area contributed by atoms with E-state index in [1.807, 2.05) is 0 Å². The van der Waals surface area contributed by atoms with Gasteiger partial charge in [-0.25, -0.2) is 0 Å². The first-order valence-corrected chi connectivity index (χ1v) is 5.31. The first kappa shape index (κ1) is 11.0. The lowest BCUT2D eigenvalue weighted by atomic mass is 9.71. The predicted octanol–water partition coefficient (Wildman–Crippen LogP) is 2.05. The minimum Gasteiger partial charge on any atom is -0.382 e. The molecule has 13 heavy (non-hydrogen) atoms. The molecule has 1 fully saturated rings. The summed E-state index contributed by atoms with van der Waals surface area (Å²) in [5.74, 6) is 0.797. The van der Waals surface area contributed by atoms with E-state index in [-0.39, 0.29) is 0 Å². The molecule has 1 aliphatic heterocycles. The topological polar surface area (TPSA) is 21.3 Å². The van der Waals surface area contributed by atoms with Crippen molar-refractivity contribution < 1.29 is 4.74 Å². The summed E-state index contributed by atoms with van der Waals surface area (Å²) in [7, 11) is 1.81. The molecule has 1 unspecified atom stereocenters. The van der Waals surface area contributed by atoms with Crippen molar-refractivity contribution >= 4 is 0 Å². The normalized spacial score (nSPS) is 22.8. The number of ether oxygens (including phenoxy) is 1. The molecule has 2 nitrogen and oxygen atoms in total. The maximum atomic E-state index is 5.34. The second-order valence-corrected chi connectivity index (χ2v) is 4.95. The molecule has 1 heterocycles. The van der Waals surface area contributed by atoms with E-state index in [4.69, 9.17) is 4.74 Å². The molecule has 0 bridgehead atoms. The van der Waals surface area contributed by atoms with E-state index >= 15 is 0 Å². The maximum Gasteiger partial charge on any atom is 0.0549 e. The molecule has 1 atom stereocenters. The van der Waals surface area contributed by atoms with Crippen LogP contribution in [0.2, 0.25) is 0 Å². The summed E-state index contributed by atoms with van der Waals surface area (Å²) >= 11 is 0. The van der Waals surface area contributed by atoms with Crippen LogP contribution in [0.3, 0.4) is 0 Å². The number of methoxy groups -OCH3 is 1. The van der Waals surface area contributed by atoms with Crippen molar-refractivity contribution in [2.75, 3.05) is 20.2 Å². The molecule has 1 saturated heterocycles. The molecule has 0 aromatic carbocycles. The van der Waals surface area contributed by atoms with E-state index in [1.165, 1.54) is 25.9 Å². The third-order valence-corrected chi connectivity index (χ3v) is 2.96. The van der Waals surface area contributed by atoms with E-state index in [2.05, 4.69) is 26.1 Å².